The highest BCUT2D eigenvalue weighted by Crippen LogP contribution is 2.32. The molecule has 1 fully saturated rings. The SMILES string of the molecule is CNc1c(Cl)ncnc1N1CCC(C(=O)c2c(F)cc(F)cc2F)CC1. The van der Waals surface area contributed by atoms with Crippen molar-refractivity contribution in [2.75, 3.05) is 30.4 Å². The third-order valence-electron chi connectivity index (χ3n) is 4.45. The molecule has 0 aliphatic carbocycles. The van der Waals surface area contributed by atoms with Crippen molar-refractivity contribution in [3.05, 3.63) is 46.6 Å². The predicted molar refractivity (Wildman–Crippen MR) is 92.2 cm³/mol. The Balaban J connectivity index is 1.75. The van der Waals surface area contributed by atoms with Crippen molar-refractivity contribution in [2.24, 2.45) is 5.92 Å². The number of carbonyl (C=O) groups excluding carboxylic acids is 1. The zero-order valence-corrected chi connectivity index (χ0v) is 14.7. The molecule has 9 heteroatoms. The minimum absolute atomic E-state index is 0.283. The Bertz CT molecular complexity index is 818. The summed E-state index contributed by atoms with van der Waals surface area (Å²) in [7, 11) is 1.70. The number of hydrogen-bond acceptors (Lipinski definition) is 5. The smallest absolute Gasteiger partial charge is 0.171 e. The second-order valence-corrected chi connectivity index (χ2v) is 6.34. The quantitative estimate of drug-likeness (QED) is 0.643. The van der Waals surface area contributed by atoms with Crippen LogP contribution in [-0.2, 0) is 0 Å². The number of carbonyl (C=O) groups is 1. The monoisotopic (exact) mass is 384 g/mol. The van der Waals surface area contributed by atoms with Gasteiger partial charge in [0.2, 0.25) is 0 Å². The second-order valence-electron chi connectivity index (χ2n) is 5.98. The van der Waals surface area contributed by atoms with Crippen LogP contribution in [0.1, 0.15) is 23.2 Å². The standard InChI is InChI=1S/C17H16ClF3N4O/c1-22-14-16(18)23-8-24-17(14)25-4-2-9(3-5-25)15(26)13-11(20)6-10(19)7-12(13)21/h6-9,22H,2-5H2,1H3. The van der Waals surface area contributed by atoms with E-state index in [1.54, 1.807) is 7.05 Å². The Morgan fingerprint density at radius 1 is 1.19 bits per heavy atom. The number of nitrogens with one attached hydrogen (secondary N) is 1. The molecule has 26 heavy (non-hydrogen) atoms. The lowest BCUT2D eigenvalue weighted by molar-refractivity contribution is 0.0891. The van der Waals surface area contributed by atoms with Crippen LogP contribution in [0.2, 0.25) is 5.15 Å². The van der Waals surface area contributed by atoms with E-state index in [0.29, 0.717) is 49.6 Å². The number of hydrogen-bond donors (Lipinski definition) is 1. The summed E-state index contributed by atoms with van der Waals surface area (Å²) in [6.45, 7) is 0.922. The molecule has 0 unspecified atom stereocenters. The number of aromatic nitrogens is 2. The van der Waals surface area contributed by atoms with Gasteiger partial charge in [0.15, 0.2) is 16.8 Å². The molecule has 0 bridgehead atoms. The van der Waals surface area contributed by atoms with Gasteiger partial charge in [-0.3, -0.25) is 4.79 Å². The zero-order valence-electron chi connectivity index (χ0n) is 13.9. The Kier molecular flexibility index (Phi) is 5.31. The number of ketones is 1. The topological polar surface area (TPSA) is 58.1 Å². The van der Waals surface area contributed by atoms with Gasteiger partial charge in [-0.2, -0.15) is 0 Å². The molecule has 1 aliphatic rings. The van der Waals surface area contributed by atoms with Crippen LogP contribution in [-0.4, -0.2) is 35.9 Å². The molecule has 138 valence electrons. The highest BCUT2D eigenvalue weighted by atomic mass is 35.5. The van der Waals surface area contributed by atoms with E-state index < -0.39 is 34.7 Å². The fourth-order valence-corrected chi connectivity index (χ4v) is 3.37. The molecule has 1 aromatic heterocycles. The van der Waals surface area contributed by atoms with E-state index in [-0.39, 0.29) is 5.15 Å². The van der Waals surface area contributed by atoms with Crippen LogP contribution < -0.4 is 10.2 Å². The van der Waals surface area contributed by atoms with Gasteiger partial charge < -0.3 is 10.2 Å². The van der Waals surface area contributed by atoms with E-state index >= 15 is 0 Å². The average molecular weight is 385 g/mol. The first-order chi connectivity index (χ1) is 12.4. The summed E-state index contributed by atoms with van der Waals surface area (Å²) in [5.74, 6) is -3.97. The van der Waals surface area contributed by atoms with Crippen LogP contribution in [0.5, 0.6) is 0 Å². The van der Waals surface area contributed by atoms with E-state index in [1.165, 1.54) is 6.33 Å². The van der Waals surface area contributed by atoms with Gasteiger partial charge in [0.05, 0.1) is 5.56 Å². The fourth-order valence-electron chi connectivity index (χ4n) is 3.15. The molecule has 0 spiro atoms. The zero-order chi connectivity index (χ0) is 18.8. The minimum Gasteiger partial charge on any atom is -0.383 e. The maximum absolute atomic E-state index is 13.9. The molecule has 3 rings (SSSR count). The Labute approximate surface area is 153 Å². The lowest BCUT2D eigenvalue weighted by atomic mass is 9.88. The first-order valence-electron chi connectivity index (χ1n) is 8.04. The molecule has 5 nitrogen and oxygen atoms in total. The lowest BCUT2D eigenvalue weighted by Gasteiger charge is -2.33. The molecule has 1 aliphatic heterocycles. The highest BCUT2D eigenvalue weighted by molar-refractivity contribution is 6.32. The van der Waals surface area contributed by atoms with Crippen LogP contribution in [0.3, 0.4) is 0 Å². The fraction of sp³-hybridized carbons (Fsp3) is 0.353. The third-order valence-corrected chi connectivity index (χ3v) is 4.74. The van der Waals surface area contributed by atoms with E-state index in [0.717, 1.165) is 0 Å². The van der Waals surface area contributed by atoms with Crippen molar-refractivity contribution in [3.63, 3.8) is 0 Å². The van der Waals surface area contributed by atoms with Gasteiger partial charge in [0, 0.05) is 38.2 Å². The summed E-state index contributed by atoms with van der Waals surface area (Å²) < 4.78 is 40.7. The Hall–Kier alpha value is -2.35. The third kappa shape index (κ3) is 3.46. The molecule has 0 radical (unpaired) electrons. The van der Waals surface area contributed by atoms with Gasteiger partial charge in [-0.15, -0.1) is 0 Å². The Morgan fingerprint density at radius 2 is 1.81 bits per heavy atom. The van der Waals surface area contributed by atoms with E-state index in [9.17, 15) is 18.0 Å². The van der Waals surface area contributed by atoms with E-state index in [1.807, 2.05) is 4.90 Å². The maximum Gasteiger partial charge on any atom is 0.171 e. The Morgan fingerprint density at radius 3 is 2.38 bits per heavy atom. The molecule has 2 aromatic rings. The highest BCUT2D eigenvalue weighted by Gasteiger charge is 2.31. The lowest BCUT2D eigenvalue weighted by Crippen LogP contribution is -2.37. The van der Waals surface area contributed by atoms with Gasteiger partial charge in [-0.1, -0.05) is 11.6 Å². The van der Waals surface area contributed by atoms with Crippen LogP contribution in [0.25, 0.3) is 0 Å². The average Bonchev–Trinajstić information content (AvgIpc) is 2.60. The van der Waals surface area contributed by atoms with Crippen molar-refractivity contribution in [1.82, 2.24) is 9.97 Å². The number of anilines is 2. The van der Waals surface area contributed by atoms with Gasteiger partial charge in [0.25, 0.3) is 0 Å². The van der Waals surface area contributed by atoms with Crippen molar-refractivity contribution in [1.29, 1.82) is 0 Å². The largest absolute Gasteiger partial charge is 0.383 e. The molecular formula is C17H16ClF3N4O. The van der Waals surface area contributed by atoms with Crippen molar-refractivity contribution in [2.45, 2.75) is 12.8 Å². The van der Waals surface area contributed by atoms with Gasteiger partial charge in [-0.05, 0) is 12.8 Å². The number of benzene rings is 1. The van der Waals surface area contributed by atoms with Crippen LogP contribution >= 0.6 is 11.6 Å². The van der Waals surface area contributed by atoms with E-state index in [4.69, 9.17) is 11.6 Å². The summed E-state index contributed by atoms with van der Waals surface area (Å²) >= 11 is 6.05. The first-order valence-corrected chi connectivity index (χ1v) is 8.42. The molecule has 0 saturated carbocycles. The van der Waals surface area contributed by atoms with E-state index in [2.05, 4.69) is 15.3 Å². The van der Waals surface area contributed by atoms with Gasteiger partial charge >= 0.3 is 0 Å². The number of nitrogens with zero attached hydrogens (tertiary/aromatic N) is 3. The van der Waals surface area contributed by atoms with Crippen LogP contribution in [0.15, 0.2) is 18.5 Å². The summed E-state index contributed by atoms with van der Waals surface area (Å²) in [4.78, 5) is 22.6. The van der Waals surface area contributed by atoms with Gasteiger partial charge in [0.1, 0.15) is 29.5 Å². The summed E-state index contributed by atoms with van der Waals surface area (Å²) in [6, 6.07) is 1.04. The second kappa shape index (κ2) is 7.49. The number of rotatable bonds is 4. The van der Waals surface area contributed by atoms with Crippen molar-refractivity contribution < 1.29 is 18.0 Å². The maximum atomic E-state index is 13.9. The number of piperidine rings is 1. The molecule has 1 N–H and O–H groups in total. The molecular weight excluding hydrogens is 369 g/mol. The molecule has 0 atom stereocenters. The molecule has 1 aromatic carbocycles. The normalized spacial score (nSPS) is 15.2. The van der Waals surface area contributed by atoms with Gasteiger partial charge in [-0.25, -0.2) is 23.1 Å². The minimum atomic E-state index is -1.17. The molecule has 2 heterocycles. The number of Topliss-reactive ketones (excluding diaryl/α,β-unsaturated/α-hetero) is 1. The summed E-state index contributed by atoms with van der Waals surface area (Å²) in [5.41, 5.74) is -0.0968. The predicted octanol–water partition coefficient (Wildman–Crippen LogP) is 3.69. The summed E-state index contributed by atoms with van der Waals surface area (Å²) in [5, 5.41) is 3.22. The van der Waals surface area contributed by atoms with Crippen LogP contribution in [0.4, 0.5) is 24.7 Å². The first kappa shape index (κ1) is 18.4. The van der Waals surface area contributed by atoms with Crippen LogP contribution in [0, 0.1) is 23.4 Å². The summed E-state index contributed by atoms with van der Waals surface area (Å²) in [6.07, 6.45) is 2.12. The molecule has 0 amide bonds. The van der Waals surface area contributed by atoms with Crippen molar-refractivity contribution >= 4 is 28.9 Å². The molecule has 1 saturated heterocycles. The number of halogens is 4. The van der Waals surface area contributed by atoms with Crippen molar-refractivity contribution in [3.8, 4) is 0 Å².